The van der Waals surface area contributed by atoms with Crippen LogP contribution in [0, 0.1) is 0 Å². The van der Waals surface area contributed by atoms with E-state index in [0.717, 1.165) is 10.4 Å². The Morgan fingerprint density at radius 2 is 2.13 bits per heavy atom. The largest absolute Gasteiger partial charge is 0.303 e. The fourth-order valence-corrected chi connectivity index (χ4v) is 1.92. The summed E-state index contributed by atoms with van der Waals surface area (Å²) >= 11 is 3.35. The second-order valence-corrected chi connectivity index (χ2v) is 4.65. The van der Waals surface area contributed by atoms with Gasteiger partial charge in [0.1, 0.15) is 15.9 Å². The Morgan fingerprint density at radius 1 is 1.47 bits per heavy atom. The predicted octanol–water partition coefficient (Wildman–Crippen LogP) is 1.92. The molecular weight excluding hydrogens is 258 g/mol. The van der Waals surface area contributed by atoms with Crippen LogP contribution >= 0.6 is 15.9 Å². The van der Waals surface area contributed by atoms with Crippen LogP contribution in [0.5, 0.6) is 0 Å². The van der Waals surface area contributed by atoms with Crippen molar-refractivity contribution in [3.63, 3.8) is 0 Å². The van der Waals surface area contributed by atoms with Crippen molar-refractivity contribution in [1.29, 1.82) is 0 Å². The summed E-state index contributed by atoms with van der Waals surface area (Å²) in [5.41, 5.74) is 0.577. The van der Waals surface area contributed by atoms with Gasteiger partial charge >= 0.3 is 0 Å². The quantitative estimate of drug-likeness (QED) is 0.794. The molecule has 0 N–H and O–H groups in total. The SMILES string of the molecule is CC(C)c1ncc2c(=O)n(C)c(Br)cn12. The average Bonchev–Trinajstić information content (AvgIpc) is 2.58. The second kappa shape index (κ2) is 3.48. The Balaban J connectivity index is 2.90. The third-order valence-electron chi connectivity index (χ3n) is 2.42. The van der Waals surface area contributed by atoms with E-state index in [2.05, 4.69) is 34.8 Å². The molecular formula is C10H12BrN3O. The maximum absolute atomic E-state index is 11.9. The van der Waals surface area contributed by atoms with E-state index in [1.165, 1.54) is 0 Å². The lowest BCUT2D eigenvalue weighted by Crippen LogP contribution is -2.19. The van der Waals surface area contributed by atoms with Gasteiger partial charge in [-0.05, 0) is 15.9 Å². The zero-order valence-corrected chi connectivity index (χ0v) is 10.4. The zero-order valence-electron chi connectivity index (χ0n) is 8.86. The maximum atomic E-state index is 11.9. The molecule has 0 saturated heterocycles. The van der Waals surface area contributed by atoms with Crippen LogP contribution in [0.3, 0.4) is 0 Å². The van der Waals surface area contributed by atoms with Crippen LogP contribution in [0.2, 0.25) is 0 Å². The van der Waals surface area contributed by atoms with E-state index in [9.17, 15) is 4.79 Å². The lowest BCUT2D eigenvalue weighted by Gasteiger charge is -2.06. The number of rotatable bonds is 1. The van der Waals surface area contributed by atoms with Crippen molar-refractivity contribution in [2.75, 3.05) is 0 Å². The fraction of sp³-hybridized carbons (Fsp3) is 0.400. The van der Waals surface area contributed by atoms with Gasteiger partial charge in [-0.25, -0.2) is 4.98 Å². The van der Waals surface area contributed by atoms with E-state index >= 15 is 0 Å². The molecule has 0 spiro atoms. The average molecular weight is 270 g/mol. The standard InChI is InChI=1S/C10H12BrN3O/c1-6(2)9-12-4-7-10(15)13(3)8(11)5-14(7)9/h4-6H,1-3H3. The topological polar surface area (TPSA) is 39.3 Å². The minimum atomic E-state index is -0.0382. The Morgan fingerprint density at radius 3 is 2.73 bits per heavy atom. The number of nitrogens with zero attached hydrogens (tertiary/aromatic N) is 3. The van der Waals surface area contributed by atoms with Gasteiger partial charge in [0, 0.05) is 19.2 Å². The molecule has 5 heteroatoms. The molecule has 0 radical (unpaired) electrons. The van der Waals surface area contributed by atoms with Crippen LogP contribution in [0.1, 0.15) is 25.6 Å². The Kier molecular flexibility index (Phi) is 2.42. The first kappa shape index (κ1) is 10.4. The van der Waals surface area contributed by atoms with E-state index < -0.39 is 0 Å². The molecule has 0 aromatic carbocycles. The van der Waals surface area contributed by atoms with Gasteiger partial charge in [0.25, 0.3) is 5.56 Å². The highest BCUT2D eigenvalue weighted by Gasteiger charge is 2.11. The molecule has 2 rings (SSSR count). The number of imidazole rings is 1. The highest BCUT2D eigenvalue weighted by molar-refractivity contribution is 9.10. The molecule has 0 bridgehead atoms. The minimum absolute atomic E-state index is 0.0382. The second-order valence-electron chi connectivity index (χ2n) is 3.84. The lowest BCUT2D eigenvalue weighted by atomic mass is 10.2. The van der Waals surface area contributed by atoms with Crippen molar-refractivity contribution in [2.45, 2.75) is 19.8 Å². The van der Waals surface area contributed by atoms with Gasteiger partial charge in [-0.1, -0.05) is 13.8 Å². The van der Waals surface area contributed by atoms with Gasteiger partial charge in [0.05, 0.1) is 6.20 Å². The molecule has 0 amide bonds. The predicted molar refractivity (Wildman–Crippen MR) is 62.2 cm³/mol. The zero-order chi connectivity index (χ0) is 11.2. The summed E-state index contributed by atoms with van der Waals surface area (Å²) in [6.07, 6.45) is 3.50. The van der Waals surface area contributed by atoms with Crippen molar-refractivity contribution in [1.82, 2.24) is 14.0 Å². The lowest BCUT2D eigenvalue weighted by molar-refractivity contribution is 0.751. The van der Waals surface area contributed by atoms with Gasteiger partial charge in [-0.15, -0.1) is 0 Å². The normalized spacial score (nSPS) is 11.5. The van der Waals surface area contributed by atoms with Crippen LogP contribution in [-0.2, 0) is 7.05 Å². The third kappa shape index (κ3) is 1.51. The molecule has 0 fully saturated rings. The number of halogens is 1. The molecule has 80 valence electrons. The van der Waals surface area contributed by atoms with Crippen LogP contribution in [-0.4, -0.2) is 14.0 Å². The Hall–Kier alpha value is -1.10. The van der Waals surface area contributed by atoms with E-state index in [4.69, 9.17) is 0 Å². The number of aromatic nitrogens is 3. The molecule has 2 heterocycles. The summed E-state index contributed by atoms with van der Waals surface area (Å²) in [4.78, 5) is 16.1. The molecule has 0 aliphatic carbocycles. The molecule has 15 heavy (non-hydrogen) atoms. The number of hydrogen-bond donors (Lipinski definition) is 0. The van der Waals surface area contributed by atoms with Crippen LogP contribution in [0.25, 0.3) is 5.52 Å². The van der Waals surface area contributed by atoms with Crippen molar-refractivity contribution in [2.24, 2.45) is 7.05 Å². The first-order valence-electron chi connectivity index (χ1n) is 4.75. The highest BCUT2D eigenvalue weighted by Crippen LogP contribution is 2.15. The third-order valence-corrected chi connectivity index (χ3v) is 3.16. The summed E-state index contributed by atoms with van der Waals surface area (Å²) in [6.45, 7) is 4.11. The first-order chi connectivity index (χ1) is 7.02. The summed E-state index contributed by atoms with van der Waals surface area (Å²) in [5.74, 6) is 1.20. The molecule has 2 aromatic rings. The van der Waals surface area contributed by atoms with Gasteiger partial charge in [0.15, 0.2) is 0 Å². The van der Waals surface area contributed by atoms with Crippen LogP contribution < -0.4 is 5.56 Å². The van der Waals surface area contributed by atoms with E-state index in [1.54, 1.807) is 17.8 Å². The Labute approximate surface area is 95.7 Å². The summed E-state index contributed by atoms with van der Waals surface area (Å²) < 4.78 is 4.15. The monoisotopic (exact) mass is 269 g/mol. The van der Waals surface area contributed by atoms with Crippen molar-refractivity contribution >= 4 is 21.4 Å². The molecule has 0 unspecified atom stereocenters. The Bertz CT molecular complexity index is 568. The summed E-state index contributed by atoms with van der Waals surface area (Å²) in [5, 5.41) is 0. The van der Waals surface area contributed by atoms with Crippen molar-refractivity contribution in [3.8, 4) is 0 Å². The van der Waals surface area contributed by atoms with Crippen LogP contribution in [0.4, 0.5) is 0 Å². The highest BCUT2D eigenvalue weighted by atomic mass is 79.9. The molecule has 0 atom stereocenters. The molecule has 0 aliphatic rings. The van der Waals surface area contributed by atoms with Crippen molar-refractivity contribution < 1.29 is 0 Å². The fourth-order valence-electron chi connectivity index (χ4n) is 1.56. The minimum Gasteiger partial charge on any atom is -0.303 e. The van der Waals surface area contributed by atoms with E-state index in [0.29, 0.717) is 11.4 Å². The van der Waals surface area contributed by atoms with Gasteiger partial charge in [0.2, 0.25) is 0 Å². The van der Waals surface area contributed by atoms with Crippen molar-refractivity contribution in [3.05, 3.63) is 33.2 Å². The van der Waals surface area contributed by atoms with Crippen LogP contribution in [0.15, 0.2) is 21.8 Å². The number of fused-ring (bicyclic) bond motifs is 1. The smallest absolute Gasteiger partial charge is 0.277 e. The molecule has 0 saturated carbocycles. The van der Waals surface area contributed by atoms with Gasteiger partial charge < -0.3 is 4.57 Å². The van der Waals surface area contributed by atoms with Gasteiger partial charge in [-0.3, -0.25) is 9.20 Å². The molecule has 4 nitrogen and oxygen atoms in total. The van der Waals surface area contributed by atoms with Gasteiger partial charge in [-0.2, -0.15) is 0 Å². The first-order valence-corrected chi connectivity index (χ1v) is 5.54. The number of hydrogen-bond acceptors (Lipinski definition) is 2. The maximum Gasteiger partial charge on any atom is 0.277 e. The van der Waals surface area contributed by atoms with E-state index in [1.807, 2.05) is 10.6 Å². The summed E-state index contributed by atoms with van der Waals surface area (Å²) in [7, 11) is 1.73. The molecule has 2 aromatic heterocycles. The molecule has 0 aliphatic heterocycles. The van der Waals surface area contributed by atoms with E-state index in [-0.39, 0.29) is 5.56 Å². The summed E-state index contributed by atoms with van der Waals surface area (Å²) in [6, 6.07) is 0.